The molecule has 0 aromatic heterocycles. The maximum absolute atomic E-state index is 12.1. The molecule has 0 spiro atoms. The molecule has 1 atom stereocenters. The lowest BCUT2D eigenvalue weighted by Crippen LogP contribution is -2.43. The minimum Gasteiger partial charge on any atom is -0.478 e. The van der Waals surface area contributed by atoms with E-state index in [9.17, 15) is 4.79 Å². The van der Waals surface area contributed by atoms with Crippen molar-refractivity contribution in [2.45, 2.75) is 39.2 Å². The van der Waals surface area contributed by atoms with Gasteiger partial charge in [0.2, 0.25) is 0 Å². The molecular weight excluding hydrogens is 228 g/mol. The summed E-state index contributed by atoms with van der Waals surface area (Å²) in [5.41, 5.74) is 8.39. The number of nitrogens with two attached hydrogens (primary N) is 1. The molecule has 4 nitrogen and oxygen atoms in total. The molecule has 1 aromatic carbocycles. The summed E-state index contributed by atoms with van der Waals surface area (Å²) >= 11 is 0. The summed E-state index contributed by atoms with van der Waals surface area (Å²) in [6, 6.07) is 3.73. The predicted octanol–water partition coefficient (Wildman–Crippen LogP) is 2.53. The second kappa shape index (κ2) is 4.52. The number of carbonyl (C=O) groups excluding carboxylic acids is 1. The fraction of sp³-hybridized carbons (Fsp3) is 0.500. The van der Waals surface area contributed by atoms with Gasteiger partial charge in [-0.1, -0.05) is 20.8 Å². The molecule has 1 aromatic rings. The largest absolute Gasteiger partial charge is 0.478 e. The summed E-state index contributed by atoms with van der Waals surface area (Å²) in [7, 11) is 1.77. The topological polar surface area (TPSA) is 55.6 Å². The van der Waals surface area contributed by atoms with Crippen LogP contribution in [0.5, 0.6) is 5.75 Å². The average Bonchev–Trinajstić information content (AvgIpc) is 2.33. The van der Waals surface area contributed by atoms with E-state index >= 15 is 0 Å². The highest BCUT2D eigenvalue weighted by Crippen LogP contribution is 2.41. The number of hydrogen-bond acceptors (Lipinski definition) is 3. The van der Waals surface area contributed by atoms with E-state index in [1.165, 1.54) is 0 Å². The van der Waals surface area contributed by atoms with Crippen molar-refractivity contribution in [1.29, 1.82) is 0 Å². The van der Waals surface area contributed by atoms with Crippen LogP contribution in [0, 0.1) is 0 Å². The van der Waals surface area contributed by atoms with E-state index in [4.69, 9.17) is 10.5 Å². The first-order valence-corrected chi connectivity index (χ1v) is 6.33. The van der Waals surface area contributed by atoms with Crippen LogP contribution < -0.4 is 15.4 Å². The minimum atomic E-state index is -0.386. The van der Waals surface area contributed by atoms with E-state index in [0.29, 0.717) is 18.0 Å². The van der Waals surface area contributed by atoms with Crippen molar-refractivity contribution < 1.29 is 9.53 Å². The molecule has 0 bridgehead atoms. The van der Waals surface area contributed by atoms with E-state index < -0.39 is 0 Å². The molecule has 1 amide bonds. The Bertz CT molecular complexity index is 483. The van der Waals surface area contributed by atoms with Crippen LogP contribution in [0.4, 0.5) is 11.4 Å². The highest BCUT2D eigenvalue weighted by atomic mass is 16.5. The number of rotatable bonds is 2. The Morgan fingerprint density at radius 1 is 1.44 bits per heavy atom. The number of anilines is 2. The number of fused-ring (bicyclic) bond motifs is 1. The molecule has 1 unspecified atom stereocenters. The molecule has 2 rings (SSSR count). The van der Waals surface area contributed by atoms with Gasteiger partial charge in [-0.15, -0.1) is 0 Å². The van der Waals surface area contributed by atoms with Gasteiger partial charge >= 0.3 is 0 Å². The normalized spacial score (nSPS) is 18.8. The molecule has 2 N–H and O–H groups in total. The van der Waals surface area contributed by atoms with Crippen LogP contribution in [0.15, 0.2) is 12.1 Å². The third kappa shape index (κ3) is 1.92. The third-order valence-electron chi connectivity index (χ3n) is 3.34. The number of carbonyl (C=O) groups is 1. The van der Waals surface area contributed by atoms with Crippen molar-refractivity contribution in [1.82, 2.24) is 0 Å². The average molecular weight is 248 g/mol. The monoisotopic (exact) mass is 248 g/mol. The van der Waals surface area contributed by atoms with Gasteiger partial charge in [0.15, 0.2) is 6.10 Å². The van der Waals surface area contributed by atoms with Gasteiger partial charge in [0.05, 0.1) is 5.69 Å². The Labute approximate surface area is 108 Å². The molecule has 1 heterocycles. The summed E-state index contributed by atoms with van der Waals surface area (Å²) in [5, 5.41) is 0. The molecule has 98 valence electrons. The number of ether oxygens (including phenoxy) is 1. The third-order valence-corrected chi connectivity index (χ3v) is 3.34. The molecule has 0 fully saturated rings. The second-order valence-corrected chi connectivity index (χ2v) is 5.03. The van der Waals surface area contributed by atoms with Gasteiger partial charge in [0.1, 0.15) is 5.75 Å². The summed E-state index contributed by atoms with van der Waals surface area (Å²) < 4.78 is 5.86. The predicted molar refractivity (Wildman–Crippen MR) is 73.1 cm³/mol. The second-order valence-electron chi connectivity index (χ2n) is 5.03. The highest BCUT2D eigenvalue weighted by molar-refractivity contribution is 6.00. The zero-order valence-electron chi connectivity index (χ0n) is 11.4. The van der Waals surface area contributed by atoms with E-state index in [0.717, 1.165) is 17.0 Å². The highest BCUT2D eigenvalue weighted by Gasteiger charge is 2.33. The van der Waals surface area contributed by atoms with Crippen LogP contribution in [0.1, 0.15) is 38.7 Å². The number of hydrogen-bond donors (Lipinski definition) is 1. The van der Waals surface area contributed by atoms with E-state index in [1.807, 2.05) is 13.0 Å². The van der Waals surface area contributed by atoms with Gasteiger partial charge in [-0.2, -0.15) is 0 Å². The summed E-state index contributed by atoms with van der Waals surface area (Å²) in [6.07, 6.45) is 0.286. The standard InChI is InChI=1S/C14H20N2O2/c1-5-12-14(17)16(4)11-7-9(15)6-10(8(2)3)13(11)18-12/h6-8,12H,5,15H2,1-4H3. The van der Waals surface area contributed by atoms with Crippen LogP contribution >= 0.6 is 0 Å². The summed E-state index contributed by atoms with van der Waals surface area (Å²) in [5.74, 6) is 1.10. The van der Waals surface area contributed by atoms with Crippen LogP contribution in [0.25, 0.3) is 0 Å². The van der Waals surface area contributed by atoms with Crippen molar-refractivity contribution in [3.8, 4) is 5.75 Å². The van der Waals surface area contributed by atoms with Crippen molar-refractivity contribution in [3.05, 3.63) is 17.7 Å². The zero-order valence-corrected chi connectivity index (χ0v) is 11.4. The molecule has 0 saturated carbocycles. The first kappa shape index (κ1) is 12.7. The van der Waals surface area contributed by atoms with Gasteiger partial charge < -0.3 is 15.4 Å². The van der Waals surface area contributed by atoms with Crippen LogP contribution in [0.3, 0.4) is 0 Å². The van der Waals surface area contributed by atoms with Gasteiger partial charge in [-0.3, -0.25) is 4.79 Å². The van der Waals surface area contributed by atoms with Crippen LogP contribution in [-0.2, 0) is 4.79 Å². The molecule has 0 saturated heterocycles. The van der Waals surface area contributed by atoms with Crippen LogP contribution in [0.2, 0.25) is 0 Å². The molecule has 4 heteroatoms. The smallest absolute Gasteiger partial charge is 0.267 e. The maximum Gasteiger partial charge on any atom is 0.267 e. The van der Waals surface area contributed by atoms with E-state index in [2.05, 4.69) is 13.8 Å². The molecule has 1 aliphatic heterocycles. The van der Waals surface area contributed by atoms with Crippen molar-refractivity contribution in [3.63, 3.8) is 0 Å². The lowest BCUT2D eigenvalue weighted by Gasteiger charge is -2.33. The number of amides is 1. The zero-order chi connectivity index (χ0) is 13.4. The Balaban J connectivity index is 2.59. The van der Waals surface area contributed by atoms with Crippen molar-refractivity contribution in [2.75, 3.05) is 17.7 Å². The van der Waals surface area contributed by atoms with E-state index in [-0.39, 0.29) is 12.0 Å². The Morgan fingerprint density at radius 2 is 2.11 bits per heavy atom. The first-order chi connectivity index (χ1) is 8.45. The number of nitrogens with zero attached hydrogens (tertiary/aromatic N) is 1. The van der Waals surface area contributed by atoms with Gasteiger partial charge in [-0.25, -0.2) is 0 Å². The first-order valence-electron chi connectivity index (χ1n) is 6.33. The van der Waals surface area contributed by atoms with Gasteiger partial charge in [0, 0.05) is 18.3 Å². The van der Waals surface area contributed by atoms with Crippen molar-refractivity contribution >= 4 is 17.3 Å². The lowest BCUT2D eigenvalue weighted by molar-refractivity contribution is -0.126. The summed E-state index contributed by atoms with van der Waals surface area (Å²) in [4.78, 5) is 13.7. The van der Waals surface area contributed by atoms with Gasteiger partial charge in [-0.05, 0) is 24.5 Å². The fourth-order valence-electron chi connectivity index (χ4n) is 2.25. The van der Waals surface area contributed by atoms with E-state index in [1.54, 1.807) is 18.0 Å². The number of likely N-dealkylation sites (N-methyl/N-ethyl adjacent to an activating group) is 1. The maximum atomic E-state index is 12.1. The molecule has 18 heavy (non-hydrogen) atoms. The Kier molecular flexibility index (Phi) is 3.20. The quantitative estimate of drug-likeness (QED) is 0.818. The summed E-state index contributed by atoms with van der Waals surface area (Å²) in [6.45, 7) is 6.14. The number of nitrogen functional groups attached to an aromatic ring is 1. The van der Waals surface area contributed by atoms with Crippen LogP contribution in [-0.4, -0.2) is 19.1 Å². The minimum absolute atomic E-state index is 0.00898. The molecule has 1 aliphatic rings. The Morgan fingerprint density at radius 3 is 2.67 bits per heavy atom. The fourth-order valence-corrected chi connectivity index (χ4v) is 2.25. The van der Waals surface area contributed by atoms with Crippen molar-refractivity contribution in [2.24, 2.45) is 0 Å². The molecule has 0 radical (unpaired) electrons. The lowest BCUT2D eigenvalue weighted by atomic mass is 9.98. The molecular formula is C14H20N2O2. The molecule has 0 aliphatic carbocycles. The number of benzene rings is 1. The Hall–Kier alpha value is -1.71. The van der Waals surface area contributed by atoms with Gasteiger partial charge in [0.25, 0.3) is 5.91 Å². The SMILES string of the molecule is CCC1Oc2c(C(C)C)cc(N)cc2N(C)C1=O.